The van der Waals surface area contributed by atoms with E-state index in [0.717, 1.165) is 6.92 Å². The van der Waals surface area contributed by atoms with Crippen molar-refractivity contribution in [1.29, 1.82) is 0 Å². The summed E-state index contributed by atoms with van der Waals surface area (Å²) in [5, 5.41) is -7.25. The molecule has 0 saturated heterocycles. The summed E-state index contributed by atoms with van der Waals surface area (Å²) in [6.07, 6.45) is -3.89. The average Bonchev–Trinajstić information content (AvgIpc) is 2.12. The van der Waals surface area contributed by atoms with E-state index in [0.29, 0.717) is 0 Å². The maximum atomic E-state index is 13.4. The van der Waals surface area contributed by atoms with Gasteiger partial charge in [-0.3, -0.25) is 4.55 Å². The molecule has 0 aliphatic heterocycles. The SMILES string of the molecule is C=C(C)C(=O)OC(CC(F)(P)P)C(F)(F)S(=O)(=O)O. The van der Waals surface area contributed by atoms with E-state index in [4.69, 9.17) is 4.55 Å². The standard InChI is InChI=1S/C8H13F3O5P2S/c1-4(2)6(12)16-5(3-7(9,17)18)8(10,11)19(13,14)15/h5H,1,3,17-18H2,2H3,(H,13,14,15). The molecule has 1 N–H and O–H groups in total. The quantitative estimate of drug-likeness (QED) is 0.345. The van der Waals surface area contributed by atoms with E-state index in [2.05, 4.69) is 11.3 Å². The molecule has 0 rings (SSSR count). The van der Waals surface area contributed by atoms with E-state index >= 15 is 0 Å². The number of hydrogen-bond acceptors (Lipinski definition) is 4. The van der Waals surface area contributed by atoms with Crippen molar-refractivity contribution < 1.29 is 35.7 Å². The molecule has 0 aromatic carbocycles. The molecule has 0 spiro atoms. The largest absolute Gasteiger partial charge is 0.451 e. The Hall–Kier alpha value is -0.230. The van der Waals surface area contributed by atoms with Crippen molar-refractivity contribution >= 4 is 34.6 Å². The van der Waals surface area contributed by atoms with Gasteiger partial charge in [-0.25, -0.2) is 9.18 Å². The van der Waals surface area contributed by atoms with Crippen molar-refractivity contribution in [3.63, 3.8) is 0 Å². The van der Waals surface area contributed by atoms with Crippen molar-refractivity contribution in [3.8, 4) is 0 Å². The molecule has 0 aliphatic carbocycles. The maximum absolute atomic E-state index is 13.4. The number of carbonyl (C=O) groups is 1. The lowest BCUT2D eigenvalue weighted by molar-refractivity contribution is -0.158. The summed E-state index contributed by atoms with van der Waals surface area (Å²) in [6.45, 7) is 4.25. The third-order valence-corrected chi connectivity index (χ3v) is 3.24. The Morgan fingerprint density at radius 1 is 1.42 bits per heavy atom. The van der Waals surface area contributed by atoms with Gasteiger partial charge in [-0.1, -0.05) is 25.1 Å². The van der Waals surface area contributed by atoms with Crippen LogP contribution < -0.4 is 0 Å². The molecule has 5 nitrogen and oxygen atoms in total. The van der Waals surface area contributed by atoms with Gasteiger partial charge in [-0.2, -0.15) is 17.2 Å². The zero-order chi connectivity index (χ0) is 15.6. The minimum absolute atomic E-state index is 0.284. The molecule has 0 heterocycles. The van der Waals surface area contributed by atoms with E-state index in [1.165, 1.54) is 18.5 Å². The molecule has 11 heteroatoms. The minimum Gasteiger partial charge on any atom is -0.451 e. The van der Waals surface area contributed by atoms with Crippen LogP contribution in [0.3, 0.4) is 0 Å². The van der Waals surface area contributed by atoms with Gasteiger partial charge >= 0.3 is 21.3 Å². The molecular weight excluding hydrogens is 327 g/mol. The van der Waals surface area contributed by atoms with Crippen molar-refractivity contribution in [2.75, 3.05) is 0 Å². The molecule has 3 unspecified atom stereocenters. The molecule has 3 atom stereocenters. The summed E-state index contributed by atoms with van der Waals surface area (Å²) in [6, 6.07) is 0. The summed E-state index contributed by atoms with van der Waals surface area (Å²) in [4.78, 5) is 11.1. The lowest BCUT2D eigenvalue weighted by atomic mass is 10.2. The lowest BCUT2D eigenvalue weighted by Crippen LogP contribution is -2.45. The lowest BCUT2D eigenvalue weighted by Gasteiger charge is -2.27. The van der Waals surface area contributed by atoms with E-state index in [1.54, 1.807) is 0 Å². The van der Waals surface area contributed by atoms with Gasteiger partial charge in [0.25, 0.3) is 0 Å². The van der Waals surface area contributed by atoms with Crippen molar-refractivity contribution in [2.24, 2.45) is 0 Å². The molecular formula is C8H13F3O5P2S. The van der Waals surface area contributed by atoms with Crippen LogP contribution in [-0.4, -0.2) is 35.4 Å². The van der Waals surface area contributed by atoms with E-state index in [9.17, 15) is 26.4 Å². The van der Waals surface area contributed by atoms with Crippen LogP contribution >= 0.6 is 18.5 Å². The summed E-state index contributed by atoms with van der Waals surface area (Å²) < 4.78 is 73.9. The Kier molecular flexibility index (Phi) is 5.96. The average molecular weight is 340 g/mol. The number of ether oxygens (including phenoxy) is 1. The van der Waals surface area contributed by atoms with Crippen LogP contribution in [0, 0.1) is 0 Å². The number of alkyl halides is 3. The first kappa shape index (κ1) is 18.8. The third kappa shape index (κ3) is 5.73. The monoisotopic (exact) mass is 340 g/mol. The Labute approximate surface area is 113 Å². The highest BCUT2D eigenvalue weighted by Gasteiger charge is 2.55. The van der Waals surface area contributed by atoms with Gasteiger partial charge < -0.3 is 4.74 Å². The van der Waals surface area contributed by atoms with Gasteiger partial charge in [-0.15, -0.1) is 0 Å². The van der Waals surface area contributed by atoms with Crippen LogP contribution in [0.1, 0.15) is 13.3 Å². The predicted molar refractivity (Wildman–Crippen MR) is 69.1 cm³/mol. The molecule has 0 aliphatic rings. The first-order chi connectivity index (χ1) is 8.18. The van der Waals surface area contributed by atoms with Crippen LogP contribution in [0.15, 0.2) is 12.2 Å². The molecule has 0 aromatic rings. The predicted octanol–water partition coefficient (Wildman–Crippen LogP) is 1.72. The highest BCUT2D eigenvalue weighted by atomic mass is 32.2. The number of esters is 1. The normalized spacial score (nSPS) is 14.9. The Morgan fingerprint density at radius 2 is 1.84 bits per heavy atom. The number of halogens is 3. The second kappa shape index (κ2) is 6.04. The van der Waals surface area contributed by atoms with Crippen molar-refractivity contribution in [3.05, 3.63) is 12.2 Å². The smallest absolute Gasteiger partial charge is 0.405 e. The number of hydrogen-bond donors (Lipinski definition) is 1. The van der Waals surface area contributed by atoms with Crippen LogP contribution in [-0.2, 0) is 19.6 Å². The zero-order valence-electron chi connectivity index (χ0n) is 9.77. The third-order valence-electron chi connectivity index (χ3n) is 1.81. The van der Waals surface area contributed by atoms with Crippen molar-refractivity contribution in [1.82, 2.24) is 0 Å². The second-order valence-electron chi connectivity index (χ2n) is 3.84. The first-order valence-electron chi connectivity index (χ1n) is 4.66. The summed E-state index contributed by atoms with van der Waals surface area (Å²) in [5.74, 6) is -1.33. The molecule has 0 amide bonds. The Balaban J connectivity index is 5.42. The van der Waals surface area contributed by atoms with Gasteiger partial charge in [0.05, 0.1) is 0 Å². The van der Waals surface area contributed by atoms with Gasteiger partial charge in [0.2, 0.25) is 0 Å². The summed E-state index contributed by atoms with van der Waals surface area (Å²) >= 11 is 0. The van der Waals surface area contributed by atoms with Gasteiger partial charge in [-0.05, 0) is 6.92 Å². The van der Waals surface area contributed by atoms with Gasteiger partial charge in [0, 0.05) is 12.0 Å². The zero-order valence-corrected chi connectivity index (χ0v) is 12.9. The van der Waals surface area contributed by atoms with Crippen molar-refractivity contribution in [2.45, 2.75) is 29.9 Å². The number of carbonyl (C=O) groups excluding carboxylic acids is 1. The second-order valence-corrected chi connectivity index (χ2v) is 7.92. The topological polar surface area (TPSA) is 80.7 Å². The minimum atomic E-state index is -5.87. The van der Waals surface area contributed by atoms with Gasteiger partial charge in [0.15, 0.2) is 6.10 Å². The first-order valence-corrected chi connectivity index (χ1v) is 7.26. The van der Waals surface area contributed by atoms with Crippen LogP contribution in [0.5, 0.6) is 0 Å². The maximum Gasteiger partial charge on any atom is 0.405 e. The van der Waals surface area contributed by atoms with E-state index in [-0.39, 0.29) is 5.57 Å². The van der Waals surface area contributed by atoms with E-state index < -0.39 is 39.0 Å². The highest BCUT2D eigenvalue weighted by Crippen LogP contribution is 2.40. The number of rotatable bonds is 6. The molecule has 0 radical (unpaired) electrons. The molecule has 19 heavy (non-hydrogen) atoms. The fourth-order valence-electron chi connectivity index (χ4n) is 0.909. The summed E-state index contributed by atoms with van der Waals surface area (Å²) in [5.41, 5.74) is -0.284. The van der Waals surface area contributed by atoms with E-state index in [1.807, 2.05) is 0 Å². The molecule has 0 aromatic heterocycles. The molecule has 0 saturated carbocycles. The fourth-order valence-corrected chi connectivity index (χ4v) is 1.80. The molecule has 0 bridgehead atoms. The molecule has 0 fully saturated rings. The van der Waals surface area contributed by atoms with Gasteiger partial charge in [0.1, 0.15) is 5.15 Å². The summed E-state index contributed by atoms with van der Waals surface area (Å²) in [7, 11) is -2.84. The highest BCUT2D eigenvalue weighted by molar-refractivity contribution is 7.86. The van der Waals surface area contributed by atoms with Crippen LogP contribution in [0.4, 0.5) is 13.2 Å². The van der Waals surface area contributed by atoms with Crippen LogP contribution in [0.2, 0.25) is 0 Å². The fraction of sp³-hybridized carbons (Fsp3) is 0.625. The van der Waals surface area contributed by atoms with Crippen LogP contribution in [0.25, 0.3) is 0 Å². The Bertz CT molecular complexity index is 471. The Morgan fingerprint density at radius 3 is 2.11 bits per heavy atom. The molecule has 112 valence electrons.